The van der Waals surface area contributed by atoms with E-state index in [4.69, 9.17) is 5.73 Å². The number of hydrogen-bond donors (Lipinski definition) is 1. The van der Waals surface area contributed by atoms with Crippen molar-refractivity contribution in [2.24, 2.45) is 5.73 Å². The molecule has 98 valence electrons. The minimum Gasteiger partial charge on any atom is -0.329 e. The lowest BCUT2D eigenvalue weighted by molar-refractivity contribution is 0.167. The van der Waals surface area contributed by atoms with Crippen molar-refractivity contribution in [1.29, 1.82) is 0 Å². The fraction of sp³-hybridized carbons (Fsp3) is 0.600. The smallest absolute Gasteiger partial charge is 0.0221 e. The zero-order valence-electron chi connectivity index (χ0n) is 10.7. The van der Waals surface area contributed by atoms with Crippen LogP contribution in [0.4, 0.5) is 0 Å². The molecule has 1 saturated heterocycles. The molecule has 3 rings (SSSR count). The highest BCUT2D eigenvalue weighted by atomic mass is 79.9. The van der Waals surface area contributed by atoms with Crippen LogP contribution in [0.1, 0.15) is 30.4 Å². The average Bonchev–Trinajstić information content (AvgIpc) is 2.86. The van der Waals surface area contributed by atoms with Crippen LogP contribution in [0.5, 0.6) is 0 Å². The molecule has 2 unspecified atom stereocenters. The molecule has 0 aromatic heterocycles. The van der Waals surface area contributed by atoms with Crippen molar-refractivity contribution >= 4 is 15.9 Å². The van der Waals surface area contributed by atoms with Crippen LogP contribution in [0.15, 0.2) is 22.7 Å². The van der Waals surface area contributed by atoms with Gasteiger partial charge >= 0.3 is 0 Å². The van der Waals surface area contributed by atoms with Crippen LogP contribution in [-0.2, 0) is 12.8 Å². The summed E-state index contributed by atoms with van der Waals surface area (Å²) < 4.78 is 1.21. The number of nitrogens with zero attached hydrogens (tertiary/aromatic N) is 1. The third-order valence-corrected chi connectivity index (χ3v) is 5.03. The number of likely N-dealkylation sites (tertiary alicyclic amines) is 1. The second kappa shape index (κ2) is 5.32. The summed E-state index contributed by atoms with van der Waals surface area (Å²) in [4.78, 5) is 2.67. The van der Waals surface area contributed by atoms with E-state index in [-0.39, 0.29) is 0 Å². The first kappa shape index (κ1) is 12.6. The molecule has 18 heavy (non-hydrogen) atoms. The fourth-order valence-electron chi connectivity index (χ4n) is 3.58. The first-order valence-electron chi connectivity index (χ1n) is 7.01. The number of aryl methyl sites for hydroxylation is 1. The molecule has 2 aliphatic rings. The predicted octanol–water partition coefficient (Wildman–Crippen LogP) is 2.73. The van der Waals surface area contributed by atoms with Gasteiger partial charge in [-0.25, -0.2) is 0 Å². The SMILES string of the molecule is NCC1CCCN1C1CCc2cc(Br)ccc2C1. The van der Waals surface area contributed by atoms with Crippen LogP contribution >= 0.6 is 15.9 Å². The third kappa shape index (κ3) is 2.36. The van der Waals surface area contributed by atoms with Gasteiger partial charge in [0.05, 0.1) is 0 Å². The Morgan fingerprint density at radius 3 is 3.00 bits per heavy atom. The molecule has 2 N–H and O–H groups in total. The zero-order valence-corrected chi connectivity index (χ0v) is 12.3. The van der Waals surface area contributed by atoms with E-state index in [0.29, 0.717) is 6.04 Å². The van der Waals surface area contributed by atoms with Gasteiger partial charge in [0.1, 0.15) is 0 Å². The maximum Gasteiger partial charge on any atom is 0.0221 e. The molecule has 1 aliphatic carbocycles. The standard InChI is InChI=1S/C15H21BrN2/c16-13-5-3-12-9-14(6-4-11(12)8-13)18-7-1-2-15(18)10-17/h3,5,8,14-15H,1-2,4,6-7,9-10,17H2. The highest BCUT2D eigenvalue weighted by Gasteiger charge is 2.31. The average molecular weight is 309 g/mol. The Morgan fingerprint density at radius 2 is 2.17 bits per heavy atom. The van der Waals surface area contributed by atoms with Crippen LogP contribution in [0, 0.1) is 0 Å². The van der Waals surface area contributed by atoms with E-state index < -0.39 is 0 Å². The van der Waals surface area contributed by atoms with Crippen LogP contribution in [0.25, 0.3) is 0 Å². The van der Waals surface area contributed by atoms with Crippen molar-refractivity contribution in [1.82, 2.24) is 4.90 Å². The van der Waals surface area contributed by atoms with Gasteiger partial charge in [-0.1, -0.05) is 22.0 Å². The Kier molecular flexibility index (Phi) is 3.73. The maximum atomic E-state index is 5.90. The van der Waals surface area contributed by atoms with E-state index in [1.54, 1.807) is 0 Å². The third-order valence-electron chi connectivity index (χ3n) is 4.53. The van der Waals surface area contributed by atoms with Gasteiger partial charge in [-0.2, -0.15) is 0 Å². The number of fused-ring (bicyclic) bond motifs is 1. The first-order chi connectivity index (χ1) is 8.78. The monoisotopic (exact) mass is 308 g/mol. The molecule has 1 heterocycles. The Hall–Kier alpha value is -0.380. The van der Waals surface area contributed by atoms with E-state index in [1.807, 2.05) is 0 Å². The molecule has 0 radical (unpaired) electrons. The summed E-state index contributed by atoms with van der Waals surface area (Å²) >= 11 is 3.57. The number of rotatable bonds is 2. The predicted molar refractivity (Wildman–Crippen MR) is 78.7 cm³/mol. The number of hydrogen-bond acceptors (Lipinski definition) is 2. The van der Waals surface area contributed by atoms with Gasteiger partial charge in [0.15, 0.2) is 0 Å². The molecular formula is C15H21BrN2. The lowest BCUT2D eigenvalue weighted by atomic mass is 9.87. The Bertz CT molecular complexity index is 433. The summed E-state index contributed by atoms with van der Waals surface area (Å²) in [6.07, 6.45) is 6.33. The molecule has 1 aliphatic heterocycles. The molecule has 2 atom stereocenters. The van der Waals surface area contributed by atoms with E-state index in [9.17, 15) is 0 Å². The van der Waals surface area contributed by atoms with Gasteiger partial charge in [0.2, 0.25) is 0 Å². The summed E-state index contributed by atoms with van der Waals surface area (Å²) in [5, 5.41) is 0. The van der Waals surface area contributed by atoms with Crippen molar-refractivity contribution in [2.45, 2.75) is 44.2 Å². The number of halogens is 1. The molecule has 0 bridgehead atoms. The van der Waals surface area contributed by atoms with E-state index in [0.717, 1.165) is 12.6 Å². The number of benzene rings is 1. The van der Waals surface area contributed by atoms with Gasteiger partial charge < -0.3 is 5.73 Å². The number of nitrogens with two attached hydrogens (primary N) is 1. The summed E-state index contributed by atoms with van der Waals surface area (Å²) in [5.74, 6) is 0. The fourth-order valence-corrected chi connectivity index (χ4v) is 3.99. The van der Waals surface area contributed by atoms with Crippen LogP contribution in [0.3, 0.4) is 0 Å². The van der Waals surface area contributed by atoms with Gasteiger partial charge in [0, 0.05) is 23.1 Å². The van der Waals surface area contributed by atoms with Gasteiger partial charge in [0.25, 0.3) is 0 Å². The molecule has 1 fully saturated rings. The first-order valence-corrected chi connectivity index (χ1v) is 7.80. The van der Waals surface area contributed by atoms with Crippen LogP contribution in [-0.4, -0.2) is 30.1 Å². The summed E-state index contributed by atoms with van der Waals surface area (Å²) in [6, 6.07) is 8.10. The van der Waals surface area contributed by atoms with Gasteiger partial charge in [-0.3, -0.25) is 4.90 Å². The van der Waals surface area contributed by atoms with Crippen LogP contribution < -0.4 is 5.73 Å². The van der Waals surface area contributed by atoms with Crippen molar-refractivity contribution in [3.8, 4) is 0 Å². The lowest BCUT2D eigenvalue weighted by Gasteiger charge is -2.36. The highest BCUT2D eigenvalue weighted by Crippen LogP contribution is 2.30. The van der Waals surface area contributed by atoms with Crippen LogP contribution in [0.2, 0.25) is 0 Å². The molecule has 3 heteroatoms. The molecule has 2 nitrogen and oxygen atoms in total. The molecular weight excluding hydrogens is 288 g/mol. The van der Waals surface area contributed by atoms with Gasteiger partial charge in [-0.15, -0.1) is 0 Å². The Labute approximate surface area is 118 Å². The summed E-state index contributed by atoms with van der Waals surface area (Å²) in [6.45, 7) is 2.07. The second-order valence-electron chi connectivity index (χ2n) is 5.58. The van der Waals surface area contributed by atoms with Gasteiger partial charge in [-0.05, 0) is 61.9 Å². The highest BCUT2D eigenvalue weighted by molar-refractivity contribution is 9.10. The minimum atomic E-state index is 0.631. The largest absolute Gasteiger partial charge is 0.329 e. The zero-order chi connectivity index (χ0) is 12.5. The van der Waals surface area contributed by atoms with Crippen molar-refractivity contribution < 1.29 is 0 Å². The molecule has 1 aromatic carbocycles. The minimum absolute atomic E-state index is 0.631. The Morgan fingerprint density at radius 1 is 1.28 bits per heavy atom. The summed E-state index contributed by atoms with van der Waals surface area (Å²) in [5.41, 5.74) is 8.97. The van der Waals surface area contributed by atoms with Crippen molar-refractivity contribution in [2.75, 3.05) is 13.1 Å². The Balaban J connectivity index is 1.76. The van der Waals surface area contributed by atoms with E-state index >= 15 is 0 Å². The normalized spacial score (nSPS) is 28.3. The van der Waals surface area contributed by atoms with Crippen molar-refractivity contribution in [3.63, 3.8) is 0 Å². The molecule has 0 amide bonds. The molecule has 0 spiro atoms. The molecule has 1 aromatic rings. The quantitative estimate of drug-likeness (QED) is 0.910. The van der Waals surface area contributed by atoms with E-state index in [1.165, 1.54) is 54.2 Å². The van der Waals surface area contributed by atoms with E-state index in [2.05, 4.69) is 39.0 Å². The lowest BCUT2D eigenvalue weighted by Crippen LogP contribution is -2.45. The maximum absolute atomic E-state index is 5.90. The topological polar surface area (TPSA) is 29.3 Å². The molecule has 0 saturated carbocycles. The van der Waals surface area contributed by atoms with Crippen molar-refractivity contribution in [3.05, 3.63) is 33.8 Å². The second-order valence-corrected chi connectivity index (χ2v) is 6.49. The summed E-state index contributed by atoms with van der Waals surface area (Å²) in [7, 11) is 0.